The summed E-state index contributed by atoms with van der Waals surface area (Å²) in [6.45, 7) is 4.26. The van der Waals surface area contributed by atoms with E-state index in [0.29, 0.717) is 19.5 Å². The molecule has 0 amide bonds. The first-order valence-corrected chi connectivity index (χ1v) is 7.85. The van der Waals surface area contributed by atoms with E-state index in [1.165, 1.54) is 16.4 Å². The van der Waals surface area contributed by atoms with E-state index in [-0.39, 0.29) is 5.82 Å². The molecule has 1 aromatic carbocycles. The van der Waals surface area contributed by atoms with Gasteiger partial charge in [-0.2, -0.15) is 4.31 Å². The fraction of sp³-hybridized carbons (Fsp3) is 0.429. The predicted molar refractivity (Wildman–Crippen MR) is 74.6 cm³/mol. The van der Waals surface area contributed by atoms with Crippen LogP contribution in [0.2, 0.25) is 0 Å². The SMILES string of the molecule is CC(C)S(=O)(=O)N1CC=C(c2ccc(F)cc2)CC1. The molecule has 1 aliphatic heterocycles. The van der Waals surface area contributed by atoms with Gasteiger partial charge in [0.2, 0.25) is 10.0 Å². The highest BCUT2D eigenvalue weighted by atomic mass is 32.2. The average molecular weight is 283 g/mol. The number of nitrogens with zero attached hydrogens (tertiary/aromatic N) is 1. The molecule has 0 radical (unpaired) electrons. The second-order valence-electron chi connectivity index (χ2n) is 4.94. The lowest BCUT2D eigenvalue weighted by Gasteiger charge is -2.27. The maximum Gasteiger partial charge on any atom is 0.216 e. The molecule has 0 atom stereocenters. The topological polar surface area (TPSA) is 37.4 Å². The van der Waals surface area contributed by atoms with Gasteiger partial charge in [0, 0.05) is 13.1 Å². The molecule has 19 heavy (non-hydrogen) atoms. The van der Waals surface area contributed by atoms with Gasteiger partial charge in [0.1, 0.15) is 5.82 Å². The van der Waals surface area contributed by atoms with Crippen LogP contribution in [0, 0.1) is 5.82 Å². The molecule has 3 nitrogen and oxygen atoms in total. The van der Waals surface area contributed by atoms with Crippen molar-refractivity contribution < 1.29 is 12.8 Å². The van der Waals surface area contributed by atoms with E-state index >= 15 is 0 Å². The summed E-state index contributed by atoms with van der Waals surface area (Å²) in [4.78, 5) is 0. The Labute approximate surface area is 113 Å². The quantitative estimate of drug-likeness (QED) is 0.855. The third-order valence-electron chi connectivity index (χ3n) is 3.34. The lowest BCUT2D eigenvalue weighted by molar-refractivity contribution is 0.435. The van der Waals surface area contributed by atoms with Crippen LogP contribution in [-0.4, -0.2) is 31.1 Å². The summed E-state index contributed by atoms with van der Waals surface area (Å²) in [5.74, 6) is -0.260. The Balaban J connectivity index is 2.15. The van der Waals surface area contributed by atoms with Gasteiger partial charge in [-0.05, 0) is 43.5 Å². The van der Waals surface area contributed by atoms with Gasteiger partial charge < -0.3 is 0 Å². The summed E-state index contributed by atoms with van der Waals surface area (Å²) in [5, 5.41) is -0.395. The van der Waals surface area contributed by atoms with Crippen molar-refractivity contribution in [2.24, 2.45) is 0 Å². The van der Waals surface area contributed by atoms with Crippen LogP contribution < -0.4 is 0 Å². The largest absolute Gasteiger partial charge is 0.216 e. The number of halogens is 1. The Morgan fingerprint density at radius 2 is 1.84 bits per heavy atom. The Hall–Kier alpha value is -1.20. The van der Waals surface area contributed by atoms with Gasteiger partial charge in [0.25, 0.3) is 0 Å². The smallest absolute Gasteiger partial charge is 0.212 e. The van der Waals surface area contributed by atoms with Crippen LogP contribution in [-0.2, 0) is 10.0 Å². The molecule has 1 aliphatic rings. The van der Waals surface area contributed by atoms with Crippen molar-refractivity contribution in [1.29, 1.82) is 0 Å². The van der Waals surface area contributed by atoms with Crippen LogP contribution in [0.1, 0.15) is 25.8 Å². The molecule has 0 N–H and O–H groups in total. The van der Waals surface area contributed by atoms with E-state index in [1.807, 2.05) is 6.08 Å². The minimum atomic E-state index is -3.18. The number of sulfonamides is 1. The third kappa shape index (κ3) is 3.04. The van der Waals surface area contributed by atoms with Crippen molar-refractivity contribution in [2.45, 2.75) is 25.5 Å². The van der Waals surface area contributed by atoms with Crippen LogP contribution >= 0.6 is 0 Å². The van der Waals surface area contributed by atoms with E-state index in [4.69, 9.17) is 0 Å². The van der Waals surface area contributed by atoms with Gasteiger partial charge in [0.15, 0.2) is 0 Å². The first-order valence-electron chi connectivity index (χ1n) is 6.35. The molecule has 1 heterocycles. The maximum atomic E-state index is 12.9. The zero-order chi connectivity index (χ0) is 14.0. The Morgan fingerprint density at radius 1 is 1.21 bits per heavy atom. The Bertz CT molecular complexity index is 576. The fourth-order valence-electron chi connectivity index (χ4n) is 2.11. The lowest BCUT2D eigenvalue weighted by Crippen LogP contribution is -2.39. The van der Waals surface area contributed by atoms with E-state index in [1.54, 1.807) is 26.0 Å². The summed E-state index contributed by atoms with van der Waals surface area (Å²) in [6.07, 6.45) is 2.58. The lowest BCUT2D eigenvalue weighted by atomic mass is 10.0. The molecule has 2 rings (SSSR count). The number of hydrogen-bond acceptors (Lipinski definition) is 2. The minimum Gasteiger partial charge on any atom is -0.212 e. The summed E-state index contributed by atoms with van der Waals surface area (Å²) in [7, 11) is -3.18. The van der Waals surface area contributed by atoms with Crippen molar-refractivity contribution in [2.75, 3.05) is 13.1 Å². The molecule has 0 aromatic heterocycles. The molecule has 0 fully saturated rings. The molecule has 5 heteroatoms. The first-order chi connectivity index (χ1) is 8.91. The molecule has 0 spiro atoms. The van der Waals surface area contributed by atoms with Crippen molar-refractivity contribution in [3.05, 3.63) is 41.7 Å². The molecular formula is C14H18FNO2S. The number of benzene rings is 1. The van der Waals surface area contributed by atoms with Gasteiger partial charge in [0.05, 0.1) is 5.25 Å². The predicted octanol–water partition coefficient (Wildman–Crippen LogP) is 2.65. The molecule has 1 aromatic rings. The van der Waals surface area contributed by atoms with E-state index in [0.717, 1.165) is 11.1 Å². The molecule has 104 valence electrons. The van der Waals surface area contributed by atoms with E-state index < -0.39 is 15.3 Å². The second-order valence-corrected chi connectivity index (χ2v) is 7.43. The minimum absolute atomic E-state index is 0.260. The second kappa shape index (κ2) is 5.43. The van der Waals surface area contributed by atoms with Gasteiger partial charge in [-0.1, -0.05) is 18.2 Å². The first kappa shape index (κ1) is 14.2. The molecule has 0 bridgehead atoms. The van der Waals surface area contributed by atoms with Crippen LogP contribution in [0.3, 0.4) is 0 Å². The van der Waals surface area contributed by atoms with Crippen LogP contribution in [0.4, 0.5) is 4.39 Å². The third-order valence-corrected chi connectivity index (χ3v) is 5.59. The molecule has 0 aliphatic carbocycles. The van der Waals surface area contributed by atoms with Crippen molar-refractivity contribution in [3.8, 4) is 0 Å². The summed E-state index contributed by atoms with van der Waals surface area (Å²) in [5.41, 5.74) is 2.04. The zero-order valence-electron chi connectivity index (χ0n) is 11.1. The van der Waals surface area contributed by atoms with Gasteiger partial charge in [-0.25, -0.2) is 12.8 Å². The van der Waals surface area contributed by atoms with E-state index in [2.05, 4.69) is 0 Å². The maximum absolute atomic E-state index is 12.9. The summed E-state index contributed by atoms with van der Waals surface area (Å²) >= 11 is 0. The van der Waals surface area contributed by atoms with Gasteiger partial charge in [-0.15, -0.1) is 0 Å². The molecular weight excluding hydrogens is 265 g/mol. The van der Waals surface area contributed by atoms with Crippen LogP contribution in [0.25, 0.3) is 5.57 Å². The van der Waals surface area contributed by atoms with Crippen molar-refractivity contribution in [3.63, 3.8) is 0 Å². The highest BCUT2D eigenvalue weighted by Crippen LogP contribution is 2.24. The van der Waals surface area contributed by atoms with Crippen molar-refractivity contribution >= 4 is 15.6 Å². The highest BCUT2D eigenvalue weighted by molar-refractivity contribution is 7.89. The zero-order valence-corrected chi connectivity index (χ0v) is 12.0. The number of hydrogen-bond donors (Lipinski definition) is 0. The van der Waals surface area contributed by atoms with Crippen LogP contribution in [0.5, 0.6) is 0 Å². The molecule has 0 saturated carbocycles. The van der Waals surface area contributed by atoms with Gasteiger partial charge >= 0.3 is 0 Å². The summed E-state index contributed by atoms with van der Waals surface area (Å²) < 4.78 is 38.4. The monoisotopic (exact) mass is 283 g/mol. The van der Waals surface area contributed by atoms with E-state index in [9.17, 15) is 12.8 Å². The van der Waals surface area contributed by atoms with Crippen molar-refractivity contribution in [1.82, 2.24) is 4.31 Å². The number of rotatable bonds is 3. The normalized spacial score (nSPS) is 17.6. The van der Waals surface area contributed by atoms with Gasteiger partial charge in [-0.3, -0.25) is 0 Å². The standard InChI is InChI=1S/C14H18FNO2S/c1-11(2)19(17,18)16-9-7-13(8-10-16)12-3-5-14(15)6-4-12/h3-7,11H,8-10H2,1-2H3. The average Bonchev–Trinajstić information content (AvgIpc) is 2.39. The Kier molecular flexibility index (Phi) is 4.06. The fourth-order valence-corrected chi connectivity index (χ4v) is 3.33. The highest BCUT2D eigenvalue weighted by Gasteiger charge is 2.27. The molecule has 0 unspecified atom stereocenters. The van der Waals surface area contributed by atoms with Crippen LogP contribution in [0.15, 0.2) is 30.3 Å². The molecule has 0 saturated heterocycles. The summed E-state index contributed by atoms with van der Waals surface area (Å²) in [6, 6.07) is 6.31. The Morgan fingerprint density at radius 3 is 2.32 bits per heavy atom.